The summed E-state index contributed by atoms with van der Waals surface area (Å²) in [5.74, 6) is -0.434. The van der Waals surface area contributed by atoms with Crippen LogP contribution in [0, 0.1) is 0 Å². The average Bonchev–Trinajstić information content (AvgIpc) is 3.59. The number of hydrogen-bond acceptors (Lipinski definition) is 8. The number of benzene rings is 2. The van der Waals surface area contributed by atoms with Gasteiger partial charge in [0.15, 0.2) is 16.6 Å². The Morgan fingerprint density at radius 1 is 0.979 bits per heavy atom. The van der Waals surface area contributed by atoms with Crippen molar-refractivity contribution in [3.8, 4) is 11.4 Å². The lowest BCUT2D eigenvalue weighted by atomic mass is 9.96. The quantitative estimate of drug-likeness (QED) is 0.138. The van der Waals surface area contributed by atoms with Gasteiger partial charge in [-0.05, 0) is 63.6 Å². The van der Waals surface area contributed by atoms with E-state index in [1.807, 2.05) is 25.7 Å². The third-order valence-corrected chi connectivity index (χ3v) is 7.60. The molecule has 1 fully saturated rings. The summed E-state index contributed by atoms with van der Waals surface area (Å²) >= 11 is 6.59. The van der Waals surface area contributed by atoms with E-state index in [-0.39, 0.29) is 39.5 Å². The highest BCUT2D eigenvalue weighted by Gasteiger charge is 2.38. The van der Waals surface area contributed by atoms with Gasteiger partial charge < -0.3 is 18.9 Å². The molecular formula is C31H30ClF6N5O4. The summed E-state index contributed by atoms with van der Waals surface area (Å²) in [5, 5.41) is 11.7. The van der Waals surface area contributed by atoms with E-state index in [9.17, 15) is 31.1 Å². The molecule has 0 saturated carbocycles. The van der Waals surface area contributed by atoms with Crippen LogP contribution in [0.25, 0.3) is 11.4 Å². The molecule has 0 N–H and O–H groups in total. The van der Waals surface area contributed by atoms with E-state index >= 15 is 0 Å². The van der Waals surface area contributed by atoms with E-state index < -0.39 is 47.5 Å². The molecule has 0 spiro atoms. The van der Waals surface area contributed by atoms with Crippen LogP contribution >= 0.6 is 11.6 Å². The Labute approximate surface area is 270 Å². The standard InChI is InChI=1S/C31H30ClF6N5O4/c1-17(46-29(2,3)4)27-23(26(44)21-7-5-6-8-22(21)42-9-11-45-12-10-42)24(40-47-27)25-28(32)43(41-39-25)16-18-13-19(30(33,34)35)15-20(14-18)31(36,37)38/h5-8,13-15,17H,9-12,16H2,1-4H3. The summed E-state index contributed by atoms with van der Waals surface area (Å²) in [6.45, 7) is 8.55. The third-order valence-electron chi connectivity index (χ3n) is 7.22. The number of morpholine rings is 1. The van der Waals surface area contributed by atoms with E-state index in [4.69, 9.17) is 25.6 Å². The maximum absolute atomic E-state index is 14.4. The average molecular weight is 686 g/mol. The molecule has 9 nitrogen and oxygen atoms in total. The van der Waals surface area contributed by atoms with Gasteiger partial charge in [0.05, 0.1) is 42.0 Å². The van der Waals surface area contributed by atoms with Gasteiger partial charge in [-0.1, -0.05) is 34.1 Å². The van der Waals surface area contributed by atoms with E-state index in [1.165, 1.54) is 0 Å². The van der Waals surface area contributed by atoms with Gasteiger partial charge in [-0.15, -0.1) is 5.10 Å². The van der Waals surface area contributed by atoms with E-state index in [0.717, 1.165) is 4.68 Å². The molecular weight excluding hydrogens is 656 g/mol. The summed E-state index contributed by atoms with van der Waals surface area (Å²) in [6, 6.07) is 8.12. The number of aromatic nitrogens is 4. The van der Waals surface area contributed by atoms with Crippen LogP contribution < -0.4 is 4.90 Å². The number of carbonyl (C=O) groups is 1. The minimum absolute atomic E-state index is 0.0300. The molecule has 2 aromatic carbocycles. The van der Waals surface area contributed by atoms with Crippen molar-refractivity contribution in [1.29, 1.82) is 0 Å². The zero-order valence-corrected chi connectivity index (χ0v) is 26.4. The second-order valence-corrected chi connectivity index (χ2v) is 12.2. The minimum atomic E-state index is -5.04. The fraction of sp³-hybridized carbons (Fsp3) is 0.419. The first kappa shape index (κ1) is 34.4. The Morgan fingerprint density at radius 3 is 2.19 bits per heavy atom. The number of alkyl halides is 6. The molecule has 1 saturated heterocycles. The number of anilines is 1. The number of hydrogen-bond donors (Lipinski definition) is 0. The highest BCUT2D eigenvalue weighted by molar-refractivity contribution is 6.32. The van der Waals surface area contributed by atoms with E-state index in [0.29, 0.717) is 49.7 Å². The zero-order chi connectivity index (χ0) is 34.3. The van der Waals surface area contributed by atoms with Crippen molar-refractivity contribution < 1.29 is 45.1 Å². The highest BCUT2D eigenvalue weighted by atomic mass is 35.5. The molecule has 1 atom stereocenters. The van der Waals surface area contributed by atoms with Crippen LogP contribution in [0.5, 0.6) is 0 Å². The molecule has 16 heteroatoms. The van der Waals surface area contributed by atoms with Gasteiger partial charge >= 0.3 is 12.4 Å². The molecule has 1 unspecified atom stereocenters. The van der Waals surface area contributed by atoms with Gasteiger partial charge in [-0.3, -0.25) is 4.79 Å². The number of ether oxygens (including phenoxy) is 2. The summed E-state index contributed by atoms with van der Waals surface area (Å²) in [5.41, 5.74) is -3.37. The molecule has 2 aromatic heterocycles. The van der Waals surface area contributed by atoms with Crippen LogP contribution in [-0.2, 0) is 28.4 Å². The first-order valence-electron chi connectivity index (χ1n) is 14.5. The van der Waals surface area contributed by atoms with Crippen LogP contribution in [-0.4, -0.2) is 57.8 Å². The lowest BCUT2D eigenvalue weighted by Gasteiger charge is -2.30. The van der Waals surface area contributed by atoms with Gasteiger partial charge in [-0.25, -0.2) is 4.68 Å². The van der Waals surface area contributed by atoms with Gasteiger partial charge in [0.2, 0.25) is 5.78 Å². The second-order valence-electron chi connectivity index (χ2n) is 11.9. The molecule has 0 radical (unpaired) electrons. The van der Waals surface area contributed by atoms with Crippen molar-refractivity contribution in [2.45, 2.75) is 58.3 Å². The Kier molecular flexibility index (Phi) is 9.45. The number of nitrogens with zero attached hydrogens (tertiary/aromatic N) is 5. The van der Waals surface area contributed by atoms with Crippen LogP contribution in [0.2, 0.25) is 5.15 Å². The largest absolute Gasteiger partial charge is 0.416 e. The maximum atomic E-state index is 14.4. The predicted octanol–water partition coefficient (Wildman–Crippen LogP) is 7.62. The van der Waals surface area contributed by atoms with Crippen LogP contribution in [0.15, 0.2) is 47.0 Å². The number of para-hydroxylation sites is 1. The van der Waals surface area contributed by atoms with Gasteiger partial charge in [0, 0.05) is 24.3 Å². The van der Waals surface area contributed by atoms with E-state index in [2.05, 4.69) is 15.5 Å². The smallest absolute Gasteiger partial charge is 0.378 e. The zero-order valence-electron chi connectivity index (χ0n) is 25.7. The van der Waals surface area contributed by atoms with Crippen molar-refractivity contribution in [2.75, 3.05) is 31.2 Å². The Morgan fingerprint density at radius 2 is 1.60 bits per heavy atom. The summed E-state index contributed by atoms with van der Waals surface area (Å²) in [7, 11) is 0. The molecule has 252 valence electrons. The molecule has 5 rings (SSSR count). The molecule has 0 amide bonds. The monoisotopic (exact) mass is 685 g/mol. The Bertz CT molecular complexity index is 1720. The Balaban J connectivity index is 1.59. The topological polar surface area (TPSA) is 95.5 Å². The van der Waals surface area contributed by atoms with Gasteiger partial charge in [0.1, 0.15) is 11.8 Å². The van der Waals surface area contributed by atoms with Crippen molar-refractivity contribution in [1.82, 2.24) is 20.2 Å². The molecule has 0 bridgehead atoms. The molecule has 47 heavy (non-hydrogen) atoms. The fourth-order valence-corrected chi connectivity index (χ4v) is 5.48. The summed E-state index contributed by atoms with van der Waals surface area (Å²) in [4.78, 5) is 16.4. The number of ketones is 1. The number of carbonyl (C=O) groups excluding carboxylic acids is 1. The van der Waals surface area contributed by atoms with Crippen LogP contribution in [0.1, 0.15) is 72.2 Å². The molecule has 0 aliphatic carbocycles. The van der Waals surface area contributed by atoms with Gasteiger partial charge in [-0.2, -0.15) is 26.3 Å². The lowest BCUT2D eigenvalue weighted by Crippen LogP contribution is -2.37. The lowest BCUT2D eigenvalue weighted by molar-refractivity contribution is -0.143. The fourth-order valence-electron chi connectivity index (χ4n) is 5.26. The number of rotatable bonds is 8. The highest BCUT2D eigenvalue weighted by Crippen LogP contribution is 2.39. The molecule has 4 aromatic rings. The molecule has 1 aliphatic heterocycles. The molecule has 3 heterocycles. The summed E-state index contributed by atoms with van der Waals surface area (Å²) in [6.07, 6.45) is -10.9. The van der Waals surface area contributed by atoms with Crippen molar-refractivity contribution >= 4 is 23.1 Å². The Hall–Kier alpha value is -3.95. The second kappa shape index (κ2) is 12.9. The minimum Gasteiger partial charge on any atom is -0.378 e. The van der Waals surface area contributed by atoms with Crippen LogP contribution in [0.4, 0.5) is 32.0 Å². The maximum Gasteiger partial charge on any atom is 0.416 e. The van der Waals surface area contributed by atoms with Gasteiger partial charge in [0.25, 0.3) is 0 Å². The normalized spacial score (nSPS) is 15.3. The number of halogens is 7. The van der Waals surface area contributed by atoms with Crippen molar-refractivity contribution in [2.24, 2.45) is 0 Å². The van der Waals surface area contributed by atoms with Crippen LogP contribution in [0.3, 0.4) is 0 Å². The first-order valence-corrected chi connectivity index (χ1v) is 14.8. The SMILES string of the molecule is CC(OC(C)(C)C)c1onc(-c2nnn(Cc3cc(C(F)(F)F)cc(C(F)(F)F)c3)c2Cl)c1C(=O)c1ccccc1N1CCOCC1. The van der Waals surface area contributed by atoms with Crippen molar-refractivity contribution in [3.63, 3.8) is 0 Å². The van der Waals surface area contributed by atoms with Crippen molar-refractivity contribution in [3.05, 3.63) is 81.2 Å². The summed E-state index contributed by atoms with van der Waals surface area (Å²) < 4.78 is 98.8. The first-order chi connectivity index (χ1) is 21.9. The van der Waals surface area contributed by atoms with E-state index in [1.54, 1.807) is 31.2 Å². The predicted molar refractivity (Wildman–Crippen MR) is 158 cm³/mol. The molecule has 1 aliphatic rings. The third kappa shape index (κ3) is 7.63.